The normalized spacial score (nSPS) is 22.0. The van der Waals surface area contributed by atoms with Gasteiger partial charge < -0.3 is 4.74 Å². The summed E-state index contributed by atoms with van der Waals surface area (Å²) in [6.07, 6.45) is 2.72. The van der Waals surface area contributed by atoms with Crippen LogP contribution in [0, 0.1) is 5.92 Å². The quantitative estimate of drug-likeness (QED) is 0.775. The first-order valence-electron chi connectivity index (χ1n) is 6.13. The Morgan fingerprint density at radius 3 is 3.06 bits per heavy atom. The van der Waals surface area contributed by atoms with Crippen LogP contribution < -0.4 is 4.74 Å². The third-order valence-electron chi connectivity index (χ3n) is 3.28. The molecule has 1 atom stereocenters. The van der Waals surface area contributed by atoms with Gasteiger partial charge in [-0.1, -0.05) is 19.1 Å². The zero-order valence-electron chi connectivity index (χ0n) is 10.3. The molecule has 2 rings (SSSR count). The molecule has 1 aliphatic rings. The summed E-state index contributed by atoms with van der Waals surface area (Å²) in [5, 5.41) is 0. The van der Waals surface area contributed by atoms with Gasteiger partial charge in [-0.25, -0.2) is 0 Å². The lowest BCUT2D eigenvalue weighted by Crippen LogP contribution is -2.33. The van der Waals surface area contributed by atoms with Gasteiger partial charge in [-0.3, -0.25) is 4.90 Å². The Hall–Kier alpha value is -1.02. The van der Waals surface area contributed by atoms with E-state index in [4.69, 9.17) is 4.74 Å². The lowest BCUT2D eigenvalue weighted by atomic mass is 10.00. The number of hydrogen-bond acceptors (Lipinski definition) is 2. The summed E-state index contributed by atoms with van der Waals surface area (Å²) >= 11 is 0. The van der Waals surface area contributed by atoms with Gasteiger partial charge >= 0.3 is 0 Å². The van der Waals surface area contributed by atoms with Crippen LogP contribution in [0.5, 0.6) is 5.75 Å². The molecule has 88 valence electrons. The molecule has 1 heterocycles. The average Bonchev–Trinajstić information content (AvgIpc) is 2.29. The van der Waals surface area contributed by atoms with Crippen molar-refractivity contribution in [1.29, 1.82) is 0 Å². The highest BCUT2D eigenvalue weighted by molar-refractivity contribution is 5.28. The molecule has 0 spiro atoms. The van der Waals surface area contributed by atoms with Crippen molar-refractivity contribution in [1.82, 2.24) is 4.90 Å². The topological polar surface area (TPSA) is 12.5 Å². The molecule has 0 aromatic heterocycles. The lowest BCUT2D eigenvalue weighted by molar-refractivity contribution is 0.176. The fourth-order valence-electron chi connectivity index (χ4n) is 2.46. The number of likely N-dealkylation sites (tertiary alicyclic amines) is 1. The van der Waals surface area contributed by atoms with Gasteiger partial charge in [0.25, 0.3) is 0 Å². The molecule has 0 saturated carbocycles. The van der Waals surface area contributed by atoms with Crippen molar-refractivity contribution in [3.05, 3.63) is 29.8 Å². The molecule has 2 nitrogen and oxygen atoms in total. The number of rotatable bonds is 3. The second-order valence-corrected chi connectivity index (χ2v) is 4.83. The molecule has 1 saturated heterocycles. The van der Waals surface area contributed by atoms with E-state index in [0.717, 1.165) is 18.2 Å². The van der Waals surface area contributed by atoms with Gasteiger partial charge in [0.2, 0.25) is 0 Å². The highest BCUT2D eigenvalue weighted by Gasteiger charge is 2.16. The summed E-state index contributed by atoms with van der Waals surface area (Å²) in [5.74, 6) is 1.81. The Labute approximate surface area is 98.2 Å². The van der Waals surface area contributed by atoms with E-state index in [1.807, 2.05) is 6.07 Å². The molecule has 1 aromatic rings. The molecule has 0 N–H and O–H groups in total. The van der Waals surface area contributed by atoms with Crippen molar-refractivity contribution >= 4 is 0 Å². The predicted molar refractivity (Wildman–Crippen MR) is 66.7 cm³/mol. The predicted octanol–water partition coefficient (Wildman–Crippen LogP) is 2.93. The molecule has 0 aliphatic carbocycles. The second kappa shape index (κ2) is 5.35. The summed E-state index contributed by atoms with van der Waals surface area (Å²) in [5.41, 5.74) is 1.36. The molecule has 0 radical (unpaired) electrons. The number of nitrogens with zero attached hydrogens (tertiary/aromatic N) is 1. The van der Waals surface area contributed by atoms with Crippen molar-refractivity contribution in [2.75, 3.05) is 20.2 Å². The molecule has 1 aliphatic heterocycles. The third kappa shape index (κ3) is 2.99. The molecule has 0 bridgehead atoms. The van der Waals surface area contributed by atoms with E-state index in [9.17, 15) is 0 Å². The van der Waals surface area contributed by atoms with Crippen molar-refractivity contribution < 1.29 is 4.74 Å². The van der Waals surface area contributed by atoms with Gasteiger partial charge in [-0.15, -0.1) is 0 Å². The van der Waals surface area contributed by atoms with Crippen molar-refractivity contribution in [3.8, 4) is 5.75 Å². The standard InChI is InChI=1S/C14H21NO/c1-12-5-4-8-15(10-12)11-13-6-3-7-14(9-13)16-2/h3,6-7,9,12H,4-5,8,10-11H2,1-2H3. The van der Waals surface area contributed by atoms with E-state index >= 15 is 0 Å². The van der Waals surface area contributed by atoms with E-state index in [1.165, 1.54) is 31.5 Å². The van der Waals surface area contributed by atoms with Gasteiger partial charge in [0, 0.05) is 13.1 Å². The number of methoxy groups -OCH3 is 1. The van der Waals surface area contributed by atoms with Crippen LogP contribution in [0.4, 0.5) is 0 Å². The summed E-state index contributed by atoms with van der Waals surface area (Å²) in [4.78, 5) is 2.54. The Morgan fingerprint density at radius 2 is 2.31 bits per heavy atom. The van der Waals surface area contributed by atoms with Gasteiger partial charge in [-0.05, 0) is 43.0 Å². The third-order valence-corrected chi connectivity index (χ3v) is 3.28. The molecular formula is C14H21NO. The number of ether oxygens (including phenoxy) is 1. The second-order valence-electron chi connectivity index (χ2n) is 4.83. The average molecular weight is 219 g/mol. The van der Waals surface area contributed by atoms with E-state index in [0.29, 0.717) is 0 Å². The van der Waals surface area contributed by atoms with Crippen molar-refractivity contribution in [2.24, 2.45) is 5.92 Å². The fraction of sp³-hybridized carbons (Fsp3) is 0.571. The van der Waals surface area contributed by atoms with Crippen LogP contribution >= 0.6 is 0 Å². The smallest absolute Gasteiger partial charge is 0.119 e. The lowest BCUT2D eigenvalue weighted by Gasteiger charge is -2.30. The van der Waals surface area contributed by atoms with Crippen LogP contribution in [0.3, 0.4) is 0 Å². The van der Waals surface area contributed by atoms with E-state index in [2.05, 4.69) is 30.0 Å². The minimum Gasteiger partial charge on any atom is -0.497 e. The highest BCUT2D eigenvalue weighted by atomic mass is 16.5. The summed E-state index contributed by atoms with van der Waals surface area (Å²) < 4.78 is 5.25. The van der Waals surface area contributed by atoms with E-state index < -0.39 is 0 Å². The molecule has 2 heteroatoms. The Bertz CT molecular complexity index is 337. The minimum absolute atomic E-state index is 0.847. The van der Waals surface area contributed by atoms with Crippen LogP contribution in [0.25, 0.3) is 0 Å². The Kier molecular flexibility index (Phi) is 3.83. The number of benzene rings is 1. The maximum Gasteiger partial charge on any atom is 0.119 e. The first-order chi connectivity index (χ1) is 7.78. The zero-order valence-corrected chi connectivity index (χ0v) is 10.3. The van der Waals surface area contributed by atoms with Gasteiger partial charge in [-0.2, -0.15) is 0 Å². The van der Waals surface area contributed by atoms with Crippen LogP contribution in [-0.4, -0.2) is 25.1 Å². The largest absolute Gasteiger partial charge is 0.497 e. The maximum atomic E-state index is 5.25. The molecular weight excluding hydrogens is 198 g/mol. The molecule has 1 aromatic carbocycles. The van der Waals surface area contributed by atoms with Crippen molar-refractivity contribution in [2.45, 2.75) is 26.3 Å². The highest BCUT2D eigenvalue weighted by Crippen LogP contribution is 2.19. The van der Waals surface area contributed by atoms with Crippen LogP contribution in [0.15, 0.2) is 24.3 Å². The first-order valence-corrected chi connectivity index (χ1v) is 6.13. The zero-order chi connectivity index (χ0) is 11.4. The Balaban J connectivity index is 1.97. The van der Waals surface area contributed by atoms with Crippen LogP contribution in [0.1, 0.15) is 25.3 Å². The maximum absolute atomic E-state index is 5.25. The van der Waals surface area contributed by atoms with E-state index in [-0.39, 0.29) is 0 Å². The minimum atomic E-state index is 0.847. The monoisotopic (exact) mass is 219 g/mol. The Morgan fingerprint density at radius 1 is 1.44 bits per heavy atom. The SMILES string of the molecule is COc1cccc(CN2CCCC(C)C2)c1. The van der Waals surface area contributed by atoms with E-state index in [1.54, 1.807) is 7.11 Å². The fourth-order valence-corrected chi connectivity index (χ4v) is 2.46. The van der Waals surface area contributed by atoms with Gasteiger partial charge in [0.1, 0.15) is 5.75 Å². The van der Waals surface area contributed by atoms with Gasteiger partial charge in [0.15, 0.2) is 0 Å². The van der Waals surface area contributed by atoms with Crippen molar-refractivity contribution in [3.63, 3.8) is 0 Å². The molecule has 1 unspecified atom stereocenters. The number of hydrogen-bond donors (Lipinski definition) is 0. The first kappa shape index (κ1) is 11.5. The molecule has 0 amide bonds. The molecule has 16 heavy (non-hydrogen) atoms. The van der Waals surface area contributed by atoms with Gasteiger partial charge in [0.05, 0.1) is 7.11 Å². The summed E-state index contributed by atoms with van der Waals surface area (Å²) in [6.45, 7) is 5.87. The molecule has 1 fully saturated rings. The van der Waals surface area contributed by atoms with Crippen LogP contribution in [0.2, 0.25) is 0 Å². The van der Waals surface area contributed by atoms with Crippen LogP contribution in [-0.2, 0) is 6.54 Å². The summed E-state index contributed by atoms with van der Waals surface area (Å²) in [7, 11) is 1.72. The number of piperidine rings is 1. The summed E-state index contributed by atoms with van der Waals surface area (Å²) in [6, 6.07) is 8.39.